The van der Waals surface area contributed by atoms with Crippen LogP contribution >= 0.6 is 35.1 Å². The third-order valence-electron chi connectivity index (χ3n) is 11.7. The molecule has 0 saturated carbocycles. The van der Waals surface area contributed by atoms with Crippen molar-refractivity contribution in [2.45, 2.75) is 71.9 Å². The van der Waals surface area contributed by atoms with Gasteiger partial charge in [-0.1, -0.05) is 97.5 Å². The number of aromatic nitrogens is 2. The summed E-state index contributed by atoms with van der Waals surface area (Å²) in [6.45, 7) is 2.49. The van der Waals surface area contributed by atoms with Gasteiger partial charge in [-0.25, -0.2) is 15.9 Å². The van der Waals surface area contributed by atoms with Crippen LogP contribution in [0.2, 0.25) is 0 Å². The highest BCUT2D eigenvalue weighted by atomic mass is 35.5. The van der Waals surface area contributed by atoms with Gasteiger partial charge in [0.25, 0.3) is 0 Å². The summed E-state index contributed by atoms with van der Waals surface area (Å²) in [6, 6.07) is 41.7. The summed E-state index contributed by atoms with van der Waals surface area (Å²) < 4.78 is 112. The summed E-state index contributed by atoms with van der Waals surface area (Å²) in [5.41, 5.74) is 10.1. The number of alkyl halides is 6. The van der Waals surface area contributed by atoms with Crippen molar-refractivity contribution in [1.29, 1.82) is 5.26 Å². The molecular formula is C59H61ClF6N6O8S2. The summed E-state index contributed by atoms with van der Waals surface area (Å²) in [6.07, 6.45) is -6.14. The Morgan fingerprint density at radius 3 is 1.40 bits per heavy atom. The van der Waals surface area contributed by atoms with E-state index in [1.165, 1.54) is 61.2 Å². The van der Waals surface area contributed by atoms with Crippen LogP contribution in [0.5, 0.6) is 23.0 Å². The number of ether oxygens (including phenoxy) is 6. The number of halogens is 7. The van der Waals surface area contributed by atoms with Crippen molar-refractivity contribution in [2.75, 3.05) is 27.4 Å². The van der Waals surface area contributed by atoms with Gasteiger partial charge in [0.15, 0.2) is 5.84 Å². The number of oxime groups is 1. The molecule has 436 valence electrons. The van der Waals surface area contributed by atoms with Gasteiger partial charge in [0.05, 0.1) is 70.8 Å². The fourth-order valence-corrected chi connectivity index (χ4v) is 9.68. The summed E-state index contributed by atoms with van der Waals surface area (Å²) in [5, 5.41) is 28.9. The average Bonchev–Trinajstić information content (AvgIpc) is 4.22. The van der Waals surface area contributed by atoms with Crippen LogP contribution in [-0.2, 0) is 61.1 Å². The van der Waals surface area contributed by atoms with E-state index in [1.54, 1.807) is 36.4 Å². The molecule has 8 aromatic rings. The van der Waals surface area contributed by atoms with E-state index >= 15 is 0 Å². The number of aryl methyl sites for hydroxylation is 2. The first-order valence-corrected chi connectivity index (χ1v) is 26.1. The largest absolute Gasteiger partial charge is 0.496 e. The van der Waals surface area contributed by atoms with Crippen LogP contribution in [0.3, 0.4) is 0 Å². The molecule has 0 aliphatic heterocycles. The maximum atomic E-state index is 13.0. The van der Waals surface area contributed by atoms with Crippen molar-refractivity contribution in [3.8, 4) is 50.2 Å². The van der Waals surface area contributed by atoms with E-state index in [0.717, 1.165) is 63.0 Å². The van der Waals surface area contributed by atoms with Gasteiger partial charge in [0.2, 0.25) is 0 Å². The minimum absolute atomic E-state index is 0. The Morgan fingerprint density at radius 1 is 0.598 bits per heavy atom. The maximum Gasteiger partial charge on any atom is 0.416 e. The summed E-state index contributed by atoms with van der Waals surface area (Å²) in [7, 11) is 2.95. The lowest BCUT2D eigenvalue weighted by Crippen LogP contribution is -2.14. The second-order valence-electron chi connectivity index (χ2n) is 17.1. The minimum atomic E-state index is -4.41. The molecule has 2 aromatic heterocycles. The van der Waals surface area contributed by atoms with Gasteiger partial charge in [0, 0.05) is 36.5 Å². The number of nitrogens with two attached hydrogens (primary N) is 2. The molecular weight excluding hydrogens is 1130 g/mol. The average molecular weight is 1200 g/mol. The zero-order valence-electron chi connectivity index (χ0n) is 43.7. The zero-order valence-corrected chi connectivity index (χ0v) is 46.2. The number of hydrogen-bond donors (Lipinski definition) is 4. The van der Waals surface area contributed by atoms with E-state index in [1.807, 2.05) is 60.7 Å². The molecule has 6 aromatic carbocycles. The molecule has 0 spiro atoms. The van der Waals surface area contributed by atoms with Crippen LogP contribution in [0.1, 0.15) is 74.8 Å². The normalized spacial score (nSPS) is 11.1. The van der Waals surface area contributed by atoms with Crippen LogP contribution in [0.15, 0.2) is 151 Å². The monoisotopic (exact) mass is 1190 g/mol. The summed E-state index contributed by atoms with van der Waals surface area (Å²) in [5.74, 6) is 5.22. The second kappa shape index (κ2) is 33.2. The number of benzene rings is 6. The first-order chi connectivity index (χ1) is 38.6. The highest BCUT2D eigenvalue weighted by molar-refractivity contribution is 7.15. The number of amidine groups is 1. The Balaban J connectivity index is 0.000000335. The van der Waals surface area contributed by atoms with E-state index in [2.05, 4.69) is 17.1 Å². The lowest BCUT2D eigenvalue weighted by molar-refractivity contribution is -0.138. The third-order valence-corrected chi connectivity index (χ3v) is 13.9. The van der Waals surface area contributed by atoms with Crippen molar-refractivity contribution >= 4 is 40.9 Å². The SMILES string of the molecule is C.COc1cc(OCc2sc(-c3ccc(C(F)(F)F)cc3)nc2CCCOCc2ccccc2)ccc1C#N.COc1cc(OCc2sc(-c3ccc(C(F)(F)F)cc3)nc2CCCOCc2ccccc2)ccc1C(N)=NO.Cl.NO. The molecule has 0 aliphatic carbocycles. The summed E-state index contributed by atoms with van der Waals surface area (Å²) in [4.78, 5) is 11.2. The molecule has 0 amide bonds. The third kappa shape index (κ3) is 19.8. The van der Waals surface area contributed by atoms with Crippen LogP contribution < -0.4 is 30.6 Å². The molecule has 82 heavy (non-hydrogen) atoms. The van der Waals surface area contributed by atoms with Crippen molar-refractivity contribution in [1.82, 2.24) is 9.97 Å². The lowest BCUT2D eigenvalue weighted by atomic mass is 10.1. The Kier molecular flexibility index (Phi) is 27.1. The van der Waals surface area contributed by atoms with Crippen LogP contribution in [0.25, 0.3) is 21.1 Å². The number of nitrogens with zero attached hydrogens (tertiary/aromatic N) is 4. The van der Waals surface area contributed by atoms with E-state index in [-0.39, 0.29) is 38.9 Å². The number of hydrogen-bond acceptors (Lipinski definition) is 15. The molecule has 2 heterocycles. The van der Waals surface area contributed by atoms with Crippen LogP contribution in [-0.4, -0.2) is 53.7 Å². The van der Waals surface area contributed by atoms with E-state index in [9.17, 15) is 31.6 Å². The van der Waals surface area contributed by atoms with Gasteiger partial charge in [-0.05, 0) is 85.3 Å². The Bertz CT molecular complexity index is 3260. The van der Waals surface area contributed by atoms with E-state index < -0.39 is 23.5 Å². The van der Waals surface area contributed by atoms with Gasteiger partial charge in [-0.15, -0.1) is 35.1 Å². The molecule has 23 heteroatoms. The van der Waals surface area contributed by atoms with Crippen molar-refractivity contribution in [2.24, 2.45) is 16.8 Å². The zero-order chi connectivity index (χ0) is 57.5. The Hall–Kier alpha value is -7.75. The first-order valence-electron chi connectivity index (χ1n) is 24.5. The summed E-state index contributed by atoms with van der Waals surface area (Å²) >= 11 is 2.75. The topological polar surface area (TPSA) is 210 Å². The standard InChI is InChI=1S/C29H28F3N3O4S.C29H25F3N2O3S.CH4.ClH.H3NO/c1-37-25-16-22(13-14-23(25)27(33)35-36)39-18-26-24(8-5-15-38-17-19-6-3-2-4-7-19)34-28(40-26)20-9-11-21(12-10-20)29(30,31)32;1-35-26-16-24(14-11-22(26)17-33)37-19-27-25(8-5-15-36-18-20-6-3-2-4-7-20)34-28(38-27)21-9-12-23(13-10-21)29(30,31)32;;;1-2/h2-4,6-7,9-14,16,36H,5,8,15,17-18H2,1H3,(H2,33,35);2-4,6-7,9-14,16H,5,8,15,18-19H2,1H3;1H4;1H;2H,1H2. The molecule has 14 nitrogen and oxygen atoms in total. The quantitative estimate of drug-likeness (QED) is 0.0117. The second-order valence-corrected chi connectivity index (χ2v) is 19.3. The van der Waals surface area contributed by atoms with Crippen molar-refractivity contribution in [3.05, 3.63) is 200 Å². The van der Waals surface area contributed by atoms with E-state index in [4.69, 9.17) is 54.5 Å². The molecule has 8 rings (SSSR count). The fourth-order valence-electron chi connectivity index (χ4n) is 7.62. The first kappa shape index (κ1) is 66.8. The fraction of sp³-hybridized carbons (Fsp3) is 0.254. The molecule has 6 N–H and O–H groups in total. The molecule has 0 bridgehead atoms. The van der Waals surface area contributed by atoms with Gasteiger partial charge in [0.1, 0.15) is 52.3 Å². The smallest absolute Gasteiger partial charge is 0.416 e. The van der Waals surface area contributed by atoms with Crippen LogP contribution in [0, 0.1) is 11.3 Å². The number of nitriles is 1. The molecule has 0 atom stereocenters. The van der Waals surface area contributed by atoms with Crippen molar-refractivity contribution in [3.63, 3.8) is 0 Å². The molecule has 0 radical (unpaired) electrons. The van der Waals surface area contributed by atoms with Gasteiger partial charge in [-0.2, -0.15) is 31.6 Å². The lowest BCUT2D eigenvalue weighted by Gasteiger charge is -2.11. The van der Waals surface area contributed by atoms with Gasteiger partial charge in [-0.3, -0.25) is 0 Å². The van der Waals surface area contributed by atoms with Gasteiger partial charge < -0.3 is 44.6 Å². The molecule has 0 saturated heterocycles. The maximum absolute atomic E-state index is 13.0. The minimum Gasteiger partial charge on any atom is -0.496 e. The molecule has 0 aliphatic rings. The predicted molar refractivity (Wildman–Crippen MR) is 306 cm³/mol. The number of thiazole rings is 2. The molecule has 0 fully saturated rings. The Morgan fingerprint density at radius 2 is 1.01 bits per heavy atom. The highest BCUT2D eigenvalue weighted by Gasteiger charge is 2.31. The van der Waals surface area contributed by atoms with Crippen LogP contribution in [0.4, 0.5) is 26.3 Å². The molecule has 0 unspecified atom stereocenters. The number of methoxy groups -OCH3 is 2. The highest BCUT2D eigenvalue weighted by Crippen LogP contribution is 2.37. The van der Waals surface area contributed by atoms with Crippen molar-refractivity contribution < 1.29 is 65.2 Å². The Labute approximate surface area is 485 Å². The van der Waals surface area contributed by atoms with Gasteiger partial charge >= 0.3 is 12.4 Å². The predicted octanol–water partition coefficient (Wildman–Crippen LogP) is 14.5. The number of rotatable bonds is 23. The van der Waals surface area contributed by atoms with E-state index in [0.29, 0.717) is 101 Å².